The van der Waals surface area contributed by atoms with Gasteiger partial charge in [-0.15, -0.1) is 0 Å². The number of amidine groups is 1. The fourth-order valence-electron chi connectivity index (χ4n) is 3.37. The van der Waals surface area contributed by atoms with Crippen molar-refractivity contribution in [1.82, 2.24) is 0 Å². The fraction of sp³-hybridized carbons (Fsp3) is 0.533. The molecule has 0 bridgehead atoms. The number of oxime groups is 1. The summed E-state index contributed by atoms with van der Waals surface area (Å²) in [6.45, 7) is 3.66. The van der Waals surface area contributed by atoms with Crippen molar-refractivity contribution in [2.24, 2.45) is 10.9 Å². The number of morpholine rings is 1. The molecule has 1 saturated carbocycles. The molecule has 1 aromatic carbocycles. The van der Waals surface area contributed by atoms with Crippen LogP contribution in [0.4, 0.5) is 5.69 Å². The third-order valence-electron chi connectivity index (χ3n) is 4.33. The second-order valence-electron chi connectivity index (χ2n) is 5.61. The molecular formula is C15H21N3O2. The van der Waals surface area contributed by atoms with E-state index in [-0.39, 0.29) is 5.84 Å². The predicted octanol–water partition coefficient (Wildman–Crippen LogP) is 1.85. The van der Waals surface area contributed by atoms with Crippen molar-refractivity contribution in [3.63, 3.8) is 0 Å². The minimum absolute atomic E-state index is 0.168. The Morgan fingerprint density at radius 2 is 2.30 bits per heavy atom. The number of anilines is 1. The number of hydrogen-bond donors (Lipinski definition) is 2. The summed E-state index contributed by atoms with van der Waals surface area (Å²) < 4.78 is 5.86. The van der Waals surface area contributed by atoms with Crippen molar-refractivity contribution in [3.8, 4) is 0 Å². The van der Waals surface area contributed by atoms with E-state index in [9.17, 15) is 0 Å². The fourth-order valence-corrected chi connectivity index (χ4v) is 3.37. The number of hydrogen-bond acceptors (Lipinski definition) is 4. The van der Waals surface area contributed by atoms with E-state index < -0.39 is 0 Å². The van der Waals surface area contributed by atoms with Crippen LogP contribution in [0, 0.1) is 6.92 Å². The molecule has 108 valence electrons. The summed E-state index contributed by atoms with van der Waals surface area (Å²) in [6.07, 6.45) is 3.81. The summed E-state index contributed by atoms with van der Waals surface area (Å²) in [5.74, 6) is 0.168. The summed E-state index contributed by atoms with van der Waals surface area (Å²) in [5, 5.41) is 12.2. The van der Waals surface area contributed by atoms with Crippen molar-refractivity contribution >= 4 is 11.5 Å². The molecule has 2 fully saturated rings. The molecule has 3 N–H and O–H groups in total. The predicted molar refractivity (Wildman–Crippen MR) is 78.4 cm³/mol. The van der Waals surface area contributed by atoms with Gasteiger partial charge in [-0.25, -0.2) is 0 Å². The van der Waals surface area contributed by atoms with E-state index in [0.717, 1.165) is 37.2 Å². The molecule has 1 aliphatic carbocycles. The lowest BCUT2D eigenvalue weighted by Gasteiger charge is -2.40. The molecule has 1 aromatic rings. The van der Waals surface area contributed by atoms with Crippen LogP contribution >= 0.6 is 0 Å². The number of fused-ring (bicyclic) bond motifs is 1. The van der Waals surface area contributed by atoms with Gasteiger partial charge in [0.2, 0.25) is 0 Å². The van der Waals surface area contributed by atoms with E-state index in [1.165, 1.54) is 12.0 Å². The van der Waals surface area contributed by atoms with Gasteiger partial charge in [-0.1, -0.05) is 11.2 Å². The Labute approximate surface area is 119 Å². The first kappa shape index (κ1) is 13.2. The molecule has 2 atom stereocenters. The molecule has 2 unspecified atom stereocenters. The zero-order valence-electron chi connectivity index (χ0n) is 11.7. The van der Waals surface area contributed by atoms with Crippen LogP contribution in [0.25, 0.3) is 0 Å². The lowest BCUT2D eigenvalue weighted by molar-refractivity contribution is 0.0256. The minimum Gasteiger partial charge on any atom is -0.409 e. The zero-order valence-corrected chi connectivity index (χ0v) is 11.7. The van der Waals surface area contributed by atoms with E-state index >= 15 is 0 Å². The van der Waals surface area contributed by atoms with Crippen LogP contribution in [0.5, 0.6) is 0 Å². The van der Waals surface area contributed by atoms with E-state index in [2.05, 4.69) is 23.0 Å². The number of ether oxygens (including phenoxy) is 1. The zero-order chi connectivity index (χ0) is 14.1. The van der Waals surface area contributed by atoms with Crippen LogP contribution in [-0.2, 0) is 4.74 Å². The first-order valence-corrected chi connectivity index (χ1v) is 7.17. The van der Waals surface area contributed by atoms with Crippen molar-refractivity contribution in [2.75, 3.05) is 18.1 Å². The average Bonchev–Trinajstić information content (AvgIpc) is 2.94. The van der Waals surface area contributed by atoms with Gasteiger partial charge in [-0.2, -0.15) is 0 Å². The number of benzene rings is 1. The van der Waals surface area contributed by atoms with Crippen LogP contribution in [0.15, 0.2) is 23.4 Å². The highest BCUT2D eigenvalue weighted by Gasteiger charge is 2.37. The molecule has 1 heterocycles. The molecule has 0 radical (unpaired) electrons. The second-order valence-corrected chi connectivity index (χ2v) is 5.61. The Hall–Kier alpha value is -1.75. The van der Waals surface area contributed by atoms with Gasteiger partial charge >= 0.3 is 0 Å². The smallest absolute Gasteiger partial charge is 0.172 e. The van der Waals surface area contributed by atoms with Gasteiger partial charge in [0.15, 0.2) is 5.84 Å². The van der Waals surface area contributed by atoms with Gasteiger partial charge in [0, 0.05) is 17.8 Å². The number of aryl methyl sites for hydroxylation is 1. The topological polar surface area (TPSA) is 71.1 Å². The molecule has 5 heteroatoms. The summed E-state index contributed by atoms with van der Waals surface area (Å²) in [4.78, 5) is 2.38. The highest BCUT2D eigenvalue weighted by atomic mass is 16.5. The maximum atomic E-state index is 8.99. The van der Waals surface area contributed by atoms with E-state index in [4.69, 9.17) is 15.7 Å². The van der Waals surface area contributed by atoms with Gasteiger partial charge in [0.1, 0.15) is 0 Å². The number of nitrogens with zero attached hydrogens (tertiary/aromatic N) is 2. The normalized spacial score (nSPS) is 26.6. The van der Waals surface area contributed by atoms with Gasteiger partial charge < -0.3 is 20.6 Å². The molecule has 3 rings (SSSR count). The Morgan fingerprint density at radius 1 is 1.45 bits per heavy atom. The van der Waals surface area contributed by atoms with Crippen LogP contribution in [0.3, 0.4) is 0 Å². The Bertz CT molecular complexity index is 530. The molecule has 20 heavy (non-hydrogen) atoms. The highest BCUT2D eigenvalue weighted by Crippen LogP contribution is 2.35. The van der Waals surface area contributed by atoms with Crippen molar-refractivity contribution in [3.05, 3.63) is 29.3 Å². The molecule has 0 aromatic heterocycles. The molecule has 2 aliphatic rings. The number of rotatable bonds is 2. The van der Waals surface area contributed by atoms with Gasteiger partial charge in [-0.3, -0.25) is 0 Å². The van der Waals surface area contributed by atoms with Crippen LogP contribution in [0.1, 0.15) is 30.4 Å². The average molecular weight is 275 g/mol. The standard InChI is InChI=1S/C15H21N3O2/c1-10-5-6-11(15(16)17-19)13(9-10)18-7-8-20-14-4-2-3-12(14)18/h5-6,9,12,14,19H,2-4,7-8H2,1H3,(H2,16,17). The van der Waals surface area contributed by atoms with Gasteiger partial charge in [0.05, 0.1) is 18.8 Å². The van der Waals surface area contributed by atoms with Crippen LogP contribution in [-0.4, -0.2) is 36.3 Å². The highest BCUT2D eigenvalue weighted by molar-refractivity contribution is 6.02. The maximum Gasteiger partial charge on any atom is 0.172 e. The summed E-state index contributed by atoms with van der Waals surface area (Å²) in [6, 6.07) is 6.45. The minimum atomic E-state index is 0.168. The molecule has 0 amide bonds. The maximum absolute atomic E-state index is 8.99. The van der Waals surface area contributed by atoms with E-state index in [0.29, 0.717) is 12.1 Å². The Kier molecular flexibility index (Phi) is 3.53. The lowest BCUT2D eigenvalue weighted by Crippen LogP contribution is -2.49. The molecular weight excluding hydrogens is 254 g/mol. The van der Waals surface area contributed by atoms with E-state index in [1.54, 1.807) is 0 Å². The molecule has 1 aliphatic heterocycles. The SMILES string of the molecule is Cc1ccc(C(N)=NO)c(N2CCOC3CCCC32)c1. The largest absolute Gasteiger partial charge is 0.409 e. The monoisotopic (exact) mass is 275 g/mol. The molecule has 0 spiro atoms. The molecule has 1 saturated heterocycles. The van der Waals surface area contributed by atoms with Crippen molar-refractivity contribution in [1.29, 1.82) is 0 Å². The van der Waals surface area contributed by atoms with Crippen molar-refractivity contribution in [2.45, 2.75) is 38.3 Å². The first-order valence-electron chi connectivity index (χ1n) is 7.17. The first-order chi connectivity index (χ1) is 9.70. The molecule has 5 nitrogen and oxygen atoms in total. The van der Waals surface area contributed by atoms with Crippen molar-refractivity contribution < 1.29 is 9.94 Å². The lowest BCUT2D eigenvalue weighted by atomic mass is 10.0. The van der Waals surface area contributed by atoms with Crippen LogP contribution < -0.4 is 10.6 Å². The number of nitrogens with two attached hydrogens (primary N) is 1. The summed E-state index contributed by atoms with van der Waals surface area (Å²) >= 11 is 0. The third kappa shape index (κ3) is 2.22. The van der Waals surface area contributed by atoms with Gasteiger partial charge in [-0.05, 0) is 43.9 Å². The van der Waals surface area contributed by atoms with E-state index in [1.807, 2.05) is 12.1 Å². The Morgan fingerprint density at radius 3 is 3.10 bits per heavy atom. The summed E-state index contributed by atoms with van der Waals surface area (Å²) in [7, 11) is 0. The third-order valence-corrected chi connectivity index (χ3v) is 4.33. The quantitative estimate of drug-likeness (QED) is 0.374. The second kappa shape index (κ2) is 5.32. The van der Waals surface area contributed by atoms with Crippen LogP contribution in [0.2, 0.25) is 0 Å². The Balaban J connectivity index is 2.01. The van der Waals surface area contributed by atoms with Gasteiger partial charge in [0.25, 0.3) is 0 Å². The summed E-state index contributed by atoms with van der Waals surface area (Å²) in [5.41, 5.74) is 8.86.